The van der Waals surface area contributed by atoms with E-state index in [2.05, 4.69) is 20.6 Å². The summed E-state index contributed by atoms with van der Waals surface area (Å²) in [6.07, 6.45) is 0. The fraction of sp³-hybridized carbons (Fsp3) is 0.0417. The topological polar surface area (TPSA) is 66.9 Å². The van der Waals surface area contributed by atoms with Crippen molar-refractivity contribution in [2.75, 3.05) is 10.6 Å². The van der Waals surface area contributed by atoms with Crippen LogP contribution >= 0.6 is 23.2 Å². The molecular formula is C24H18Cl2N4O. The smallest absolute Gasteiger partial charge is 0.255 e. The number of hydrogen-bond donors (Lipinski definition) is 2. The number of rotatable bonds is 5. The van der Waals surface area contributed by atoms with Crippen molar-refractivity contribution in [1.29, 1.82) is 0 Å². The van der Waals surface area contributed by atoms with Crippen LogP contribution in [0.5, 0.6) is 0 Å². The Hall–Kier alpha value is -3.41. The minimum absolute atomic E-state index is 0.295. The number of aromatic nitrogens is 2. The SMILES string of the molecule is Cc1nc(Nc2cccc(C(=O)Nc3cc(Cl)ccc3Cl)c2)cc(-c2ccccc2)n1. The van der Waals surface area contributed by atoms with Crippen LogP contribution < -0.4 is 10.6 Å². The van der Waals surface area contributed by atoms with Crippen LogP contribution in [0.1, 0.15) is 16.2 Å². The summed E-state index contributed by atoms with van der Waals surface area (Å²) < 4.78 is 0. The van der Waals surface area contributed by atoms with Gasteiger partial charge in [0.25, 0.3) is 5.91 Å². The van der Waals surface area contributed by atoms with Gasteiger partial charge in [0.15, 0.2) is 0 Å². The Morgan fingerprint density at radius 2 is 1.68 bits per heavy atom. The zero-order valence-corrected chi connectivity index (χ0v) is 18.1. The van der Waals surface area contributed by atoms with Crippen molar-refractivity contribution in [1.82, 2.24) is 9.97 Å². The highest BCUT2D eigenvalue weighted by Gasteiger charge is 2.11. The van der Waals surface area contributed by atoms with Crippen molar-refractivity contribution in [3.05, 3.63) is 100 Å². The van der Waals surface area contributed by atoms with Crippen molar-refractivity contribution in [3.8, 4) is 11.3 Å². The van der Waals surface area contributed by atoms with Crippen LogP contribution in [0.3, 0.4) is 0 Å². The van der Waals surface area contributed by atoms with Gasteiger partial charge in [-0.3, -0.25) is 4.79 Å². The normalized spacial score (nSPS) is 10.5. The molecule has 31 heavy (non-hydrogen) atoms. The van der Waals surface area contributed by atoms with Crippen LogP contribution in [-0.4, -0.2) is 15.9 Å². The Bertz CT molecular complexity index is 1250. The van der Waals surface area contributed by atoms with E-state index in [1.165, 1.54) is 0 Å². The van der Waals surface area contributed by atoms with Gasteiger partial charge in [0, 0.05) is 27.9 Å². The molecule has 1 aromatic heterocycles. The maximum atomic E-state index is 12.7. The molecule has 4 rings (SSSR count). The molecule has 154 valence electrons. The van der Waals surface area contributed by atoms with E-state index in [1.807, 2.05) is 49.4 Å². The van der Waals surface area contributed by atoms with Gasteiger partial charge in [-0.25, -0.2) is 9.97 Å². The predicted molar refractivity (Wildman–Crippen MR) is 126 cm³/mol. The quantitative estimate of drug-likeness (QED) is 0.354. The van der Waals surface area contributed by atoms with E-state index >= 15 is 0 Å². The molecule has 5 nitrogen and oxygen atoms in total. The summed E-state index contributed by atoms with van der Waals surface area (Å²) in [5.74, 6) is 0.992. The van der Waals surface area contributed by atoms with E-state index in [0.29, 0.717) is 32.9 Å². The molecule has 0 atom stereocenters. The highest BCUT2D eigenvalue weighted by atomic mass is 35.5. The molecule has 2 N–H and O–H groups in total. The molecule has 7 heteroatoms. The average molecular weight is 449 g/mol. The van der Waals surface area contributed by atoms with Crippen molar-refractivity contribution < 1.29 is 4.79 Å². The standard InChI is InChI=1S/C24H18Cl2N4O/c1-15-27-21(16-6-3-2-4-7-16)14-23(28-15)29-19-9-5-8-17(12-19)24(31)30-22-13-18(25)10-11-20(22)26/h2-14H,1H3,(H,30,31)(H,27,28,29). The largest absolute Gasteiger partial charge is 0.340 e. The molecule has 0 aliphatic heterocycles. The number of nitrogens with one attached hydrogen (secondary N) is 2. The lowest BCUT2D eigenvalue weighted by Crippen LogP contribution is -2.12. The molecule has 0 spiro atoms. The monoisotopic (exact) mass is 448 g/mol. The number of carbonyl (C=O) groups excluding carboxylic acids is 1. The van der Waals surface area contributed by atoms with E-state index in [1.54, 1.807) is 36.4 Å². The summed E-state index contributed by atoms with van der Waals surface area (Å²) in [7, 11) is 0. The second kappa shape index (κ2) is 9.16. The minimum atomic E-state index is -0.295. The first-order valence-corrected chi connectivity index (χ1v) is 10.3. The lowest BCUT2D eigenvalue weighted by atomic mass is 10.1. The number of halogens is 2. The van der Waals surface area contributed by atoms with Crippen LogP contribution in [0.15, 0.2) is 78.9 Å². The number of hydrogen-bond acceptors (Lipinski definition) is 4. The molecule has 0 unspecified atom stereocenters. The van der Waals surface area contributed by atoms with E-state index < -0.39 is 0 Å². The predicted octanol–water partition coefficient (Wildman–Crippen LogP) is 6.75. The van der Waals surface area contributed by atoms with Gasteiger partial charge < -0.3 is 10.6 Å². The number of amides is 1. The van der Waals surface area contributed by atoms with Crippen LogP contribution in [0, 0.1) is 6.92 Å². The van der Waals surface area contributed by atoms with Crippen molar-refractivity contribution in [3.63, 3.8) is 0 Å². The number of nitrogens with zero attached hydrogens (tertiary/aromatic N) is 2. The molecule has 1 amide bonds. The summed E-state index contributed by atoms with van der Waals surface area (Å²) in [6.45, 7) is 1.84. The molecular weight excluding hydrogens is 431 g/mol. The van der Waals surface area contributed by atoms with Gasteiger partial charge in [-0.1, -0.05) is 59.6 Å². The molecule has 4 aromatic rings. The van der Waals surface area contributed by atoms with Gasteiger partial charge in [0.1, 0.15) is 11.6 Å². The highest BCUT2D eigenvalue weighted by Crippen LogP contribution is 2.27. The average Bonchev–Trinajstić information content (AvgIpc) is 2.76. The van der Waals surface area contributed by atoms with Crippen LogP contribution in [0.4, 0.5) is 17.2 Å². The van der Waals surface area contributed by atoms with Crippen molar-refractivity contribution in [2.45, 2.75) is 6.92 Å². The highest BCUT2D eigenvalue weighted by molar-refractivity contribution is 6.35. The minimum Gasteiger partial charge on any atom is -0.340 e. The number of benzene rings is 3. The first-order valence-electron chi connectivity index (χ1n) is 9.52. The third kappa shape index (κ3) is 5.20. The Labute approximate surface area is 190 Å². The molecule has 0 saturated heterocycles. The molecule has 0 fully saturated rings. The Kier molecular flexibility index (Phi) is 6.16. The lowest BCUT2D eigenvalue weighted by molar-refractivity contribution is 0.102. The summed E-state index contributed by atoms with van der Waals surface area (Å²) in [5.41, 5.74) is 3.47. The second-order valence-corrected chi connectivity index (χ2v) is 7.68. The Morgan fingerprint density at radius 1 is 0.871 bits per heavy atom. The molecule has 0 aliphatic rings. The fourth-order valence-electron chi connectivity index (χ4n) is 3.06. The third-order valence-electron chi connectivity index (χ3n) is 4.48. The van der Waals surface area contributed by atoms with E-state index in [-0.39, 0.29) is 5.91 Å². The fourth-order valence-corrected chi connectivity index (χ4v) is 3.40. The molecule has 0 bridgehead atoms. The molecule has 1 heterocycles. The Balaban J connectivity index is 1.56. The van der Waals surface area contributed by atoms with Crippen molar-refractivity contribution in [2.24, 2.45) is 0 Å². The number of aryl methyl sites for hydroxylation is 1. The van der Waals surface area contributed by atoms with Crippen LogP contribution in [0.25, 0.3) is 11.3 Å². The third-order valence-corrected chi connectivity index (χ3v) is 5.05. The zero-order chi connectivity index (χ0) is 21.8. The zero-order valence-electron chi connectivity index (χ0n) is 16.6. The van der Waals surface area contributed by atoms with Crippen LogP contribution in [0.2, 0.25) is 10.0 Å². The van der Waals surface area contributed by atoms with Gasteiger partial charge in [-0.15, -0.1) is 0 Å². The first-order chi connectivity index (χ1) is 15.0. The van der Waals surface area contributed by atoms with Crippen molar-refractivity contribution >= 4 is 46.3 Å². The van der Waals surface area contributed by atoms with Gasteiger partial charge in [-0.2, -0.15) is 0 Å². The van der Waals surface area contributed by atoms with Gasteiger partial charge in [-0.05, 0) is 43.3 Å². The lowest BCUT2D eigenvalue weighted by Gasteiger charge is -2.11. The van der Waals surface area contributed by atoms with E-state index in [4.69, 9.17) is 23.2 Å². The van der Waals surface area contributed by atoms with E-state index in [0.717, 1.165) is 16.9 Å². The molecule has 0 saturated carbocycles. The van der Waals surface area contributed by atoms with Crippen LogP contribution in [-0.2, 0) is 0 Å². The molecule has 0 radical (unpaired) electrons. The second-order valence-electron chi connectivity index (χ2n) is 6.84. The van der Waals surface area contributed by atoms with Gasteiger partial charge >= 0.3 is 0 Å². The van der Waals surface area contributed by atoms with Gasteiger partial charge in [0.05, 0.1) is 16.4 Å². The molecule has 3 aromatic carbocycles. The summed E-state index contributed by atoms with van der Waals surface area (Å²) in [6, 6.07) is 23.8. The number of carbonyl (C=O) groups is 1. The maximum absolute atomic E-state index is 12.7. The Morgan fingerprint density at radius 3 is 2.48 bits per heavy atom. The summed E-state index contributed by atoms with van der Waals surface area (Å²) in [4.78, 5) is 21.7. The number of anilines is 3. The van der Waals surface area contributed by atoms with E-state index in [9.17, 15) is 4.79 Å². The summed E-state index contributed by atoms with van der Waals surface area (Å²) >= 11 is 12.1. The first kappa shape index (κ1) is 20.8. The summed E-state index contributed by atoms with van der Waals surface area (Å²) in [5, 5.41) is 6.95. The molecule has 0 aliphatic carbocycles. The van der Waals surface area contributed by atoms with Gasteiger partial charge in [0.2, 0.25) is 0 Å². The maximum Gasteiger partial charge on any atom is 0.255 e.